The molecular weight excluding hydrogens is 272 g/mol. The van der Waals surface area contributed by atoms with E-state index in [2.05, 4.69) is 33.0 Å². The fourth-order valence-corrected chi connectivity index (χ4v) is 2.77. The Hall–Kier alpha value is -1.20. The molecule has 112 valence electrons. The van der Waals surface area contributed by atoms with Crippen LogP contribution in [0.3, 0.4) is 0 Å². The Kier molecular flexibility index (Phi) is 6.36. The van der Waals surface area contributed by atoms with Gasteiger partial charge in [0, 0.05) is 11.6 Å². The summed E-state index contributed by atoms with van der Waals surface area (Å²) in [4.78, 5) is 12.9. The van der Waals surface area contributed by atoms with Crippen LogP contribution in [0.1, 0.15) is 34.1 Å². The maximum atomic E-state index is 12.4. The Balaban J connectivity index is 2.80. The third-order valence-electron chi connectivity index (χ3n) is 3.63. The van der Waals surface area contributed by atoms with Gasteiger partial charge in [0.1, 0.15) is 11.0 Å². The van der Waals surface area contributed by atoms with E-state index in [1.165, 1.54) is 0 Å². The summed E-state index contributed by atoms with van der Waals surface area (Å²) in [6.45, 7) is 8.33. The lowest BCUT2D eigenvalue weighted by atomic mass is 9.82. The number of carbonyl (C=O) groups is 1. The van der Waals surface area contributed by atoms with Gasteiger partial charge in [0.15, 0.2) is 0 Å². The van der Waals surface area contributed by atoms with Crippen molar-refractivity contribution >= 4 is 22.6 Å². The molecule has 4 nitrogen and oxygen atoms in total. The van der Waals surface area contributed by atoms with E-state index < -0.39 is 11.0 Å². The minimum Gasteiger partial charge on any atom is -0.326 e. The standard InChI is InChI=1S/C15H24N2O2S/c1-5-11(4)14(10(2)3)15(18)17-12-6-8-13(9-7-12)20(16)19/h6-11,14H,5,16H2,1-4H3,(H,17,18). The van der Waals surface area contributed by atoms with Crippen molar-refractivity contribution in [3.8, 4) is 0 Å². The molecule has 0 saturated heterocycles. The van der Waals surface area contributed by atoms with Crippen molar-refractivity contribution in [2.75, 3.05) is 5.32 Å². The first-order valence-corrected chi connectivity index (χ1v) is 8.15. The molecule has 3 unspecified atom stereocenters. The van der Waals surface area contributed by atoms with Gasteiger partial charge in [-0.3, -0.25) is 4.79 Å². The van der Waals surface area contributed by atoms with Gasteiger partial charge < -0.3 is 5.32 Å². The number of carbonyl (C=O) groups excluding carboxylic acids is 1. The van der Waals surface area contributed by atoms with Crippen molar-refractivity contribution in [3.05, 3.63) is 24.3 Å². The van der Waals surface area contributed by atoms with Gasteiger partial charge in [-0.05, 0) is 36.1 Å². The Morgan fingerprint density at radius 3 is 2.20 bits per heavy atom. The van der Waals surface area contributed by atoms with E-state index in [0.717, 1.165) is 6.42 Å². The molecule has 0 radical (unpaired) electrons. The first-order chi connectivity index (χ1) is 9.36. The normalized spacial score (nSPS) is 15.7. The summed E-state index contributed by atoms with van der Waals surface area (Å²) in [6.07, 6.45) is 0.974. The third-order valence-corrected chi connectivity index (χ3v) is 4.37. The molecule has 3 N–H and O–H groups in total. The summed E-state index contributed by atoms with van der Waals surface area (Å²) in [5, 5.41) is 8.22. The van der Waals surface area contributed by atoms with Crippen LogP contribution in [0.15, 0.2) is 29.2 Å². The number of nitrogens with two attached hydrogens (primary N) is 1. The van der Waals surface area contributed by atoms with Crippen LogP contribution in [-0.2, 0) is 15.8 Å². The fraction of sp³-hybridized carbons (Fsp3) is 0.533. The lowest BCUT2D eigenvalue weighted by Gasteiger charge is -2.25. The summed E-state index contributed by atoms with van der Waals surface area (Å²) in [5.41, 5.74) is 0.707. The van der Waals surface area contributed by atoms with E-state index in [1.54, 1.807) is 24.3 Å². The Labute approximate surface area is 123 Å². The van der Waals surface area contributed by atoms with Crippen molar-refractivity contribution in [2.45, 2.75) is 39.0 Å². The number of rotatable bonds is 6. The lowest BCUT2D eigenvalue weighted by Crippen LogP contribution is -2.31. The monoisotopic (exact) mass is 296 g/mol. The largest absolute Gasteiger partial charge is 0.326 e. The summed E-state index contributed by atoms with van der Waals surface area (Å²) >= 11 is 0. The summed E-state index contributed by atoms with van der Waals surface area (Å²) in [5.74, 6) is 0.658. The molecule has 0 spiro atoms. The fourth-order valence-electron chi connectivity index (χ4n) is 2.37. The average molecular weight is 296 g/mol. The molecule has 1 amide bonds. The molecule has 0 heterocycles. The Morgan fingerprint density at radius 1 is 1.25 bits per heavy atom. The van der Waals surface area contributed by atoms with Gasteiger partial charge in [-0.2, -0.15) is 0 Å². The van der Waals surface area contributed by atoms with Gasteiger partial charge in [0.05, 0.1) is 4.90 Å². The number of benzene rings is 1. The molecule has 0 bridgehead atoms. The highest BCUT2D eigenvalue weighted by molar-refractivity contribution is 7.82. The molecular formula is C15H24N2O2S. The van der Waals surface area contributed by atoms with Gasteiger partial charge >= 0.3 is 0 Å². The van der Waals surface area contributed by atoms with Crippen LogP contribution in [0.4, 0.5) is 5.69 Å². The zero-order valence-corrected chi connectivity index (χ0v) is 13.4. The zero-order valence-electron chi connectivity index (χ0n) is 12.6. The molecule has 0 saturated carbocycles. The molecule has 0 aliphatic rings. The summed E-state index contributed by atoms with van der Waals surface area (Å²) in [7, 11) is -1.49. The number of hydrogen-bond acceptors (Lipinski definition) is 2. The van der Waals surface area contributed by atoms with Crippen LogP contribution in [0.25, 0.3) is 0 Å². The Morgan fingerprint density at radius 2 is 1.80 bits per heavy atom. The maximum Gasteiger partial charge on any atom is 0.228 e. The smallest absolute Gasteiger partial charge is 0.228 e. The average Bonchev–Trinajstić information content (AvgIpc) is 2.38. The van der Waals surface area contributed by atoms with Crippen molar-refractivity contribution in [3.63, 3.8) is 0 Å². The SMILES string of the molecule is CCC(C)C(C(=O)Nc1ccc(S(N)=O)cc1)C(C)C. The van der Waals surface area contributed by atoms with Crippen LogP contribution in [0.5, 0.6) is 0 Å². The third kappa shape index (κ3) is 4.42. The highest BCUT2D eigenvalue weighted by atomic mass is 32.2. The number of hydrogen-bond donors (Lipinski definition) is 2. The molecule has 0 aliphatic heterocycles. The van der Waals surface area contributed by atoms with E-state index in [1.807, 2.05) is 0 Å². The minimum atomic E-state index is -1.49. The number of anilines is 1. The number of nitrogens with one attached hydrogen (secondary N) is 1. The van der Waals surface area contributed by atoms with E-state index in [-0.39, 0.29) is 11.8 Å². The highest BCUT2D eigenvalue weighted by Crippen LogP contribution is 2.25. The minimum absolute atomic E-state index is 0.0108. The predicted molar refractivity (Wildman–Crippen MR) is 83.5 cm³/mol. The van der Waals surface area contributed by atoms with Crippen LogP contribution in [-0.4, -0.2) is 10.1 Å². The van der Waals surface area contributed by atoms with Gasteiger partial charge in [-0.15, -0.1) is 0 Å². The van der Waals surface area contributed by atoms with Crippen LogP contribution in [0, 0.1) is 17.8 Å². The molecule has 0 fully saturated rings. The molecule has 1 aromatic carbocycles. The van der Waals surface area contributed by atoms with Crippen LogP contribution >= 0.6 is 0 Å². The van der Waals surface area contributed by atoms with Crippen LogP contribution < -0.4 is 10.5 Å². The highest BCUT2D eigenvalue weighted by Gasteiger charge is 2.27. The first-order valence-electron chi connectivity index (χ1n) is 6.93. The van der Waals surface area contributed by atoms with Gasteiger partial charge in [0.25, 0.3) is 0 Å². The molecule has 20 heavy (non-hydrogen) atoms. The van der Waals surface area contributed by atoms with Crippen LogP contribution in [0.2, 0.25) is 0 Å². The molecule has 1 aromatic rings. The van der Waals surface area contributed by atoms with Gasteiger partial charge in [-0.1, -0.05) is 34.1 Å². The summed E-state index contributed by atoms with van der Waals surface area (Å²) in [6, 6.07) is 6.79. The molecule has 0 aliphatic carbocycles. The first kappa shape index (κ1) is 16.9. The van der Waals surface area contributed by atoms with E-state index in [0.29, 0.717) is 22.4 Å². The molecule has 3 atom stereocenters. The Bertz CT molecular complexity index is 471. The van der Waals surface area contributed by atoms with E-state index in [9.17, 15) is 9.00 Å². The number of amides is 1. The predicted octanol–water partition coefficient (Wildman–Crippen LogP) is 2.92. The molecule has 5 heteroatoms. The second-order valence-electron chi connectivity index (χ2n) is 5.47. The van der Waals surface area contributed by atoms with Gasteiger partial charge in [-0.25, -0.2) is 9.35 Å². The van der Waals surface area contributed by atoms with E-state index in [4.69, 9.17) is 5.14 Å². The zero-order chi connectivity index (χ0) is 15.3. The molecule has 0 aromatic heterocycles. The lowest BCUT2D eigenvalue weighted by molar-refractivity contribution is -0.122. The topological polar surface area (TPSA) is 72.2 Å². The van der Waals surface area contributed by atoms with Crippen molar-refractivity contribution < 1.29 is 9.00 Å². The molecule has 1 rings (SSSR count). The second-order valence-corrected chi connectivity index (χ2v) is 6.53. The van der Waals surface area contributed by atoms with Crippen molar-refractivity contribution in [2.24, 2.45) is 22.9 Å². The van der Waals surface area contributed by atoms with Gasteiger partial charge in [0.2, 0.25) is 5.91 Å². The summed E-state index contributed by atoms with van der Waals surface area (Å²) < 4.78 is 11.1. The maximum absolute atomic E-state index is 12.4. The quantitative estimate of drug-likeness (QED) is 0.847. The van der Waals surface area contributed by atoms with Crippen molar-refractivity contribution in [1.82, 2.24) is 0 Å². The second kappa shape index (κ2) is 7.55. The van der Waals surface area contributed by atoms with Crippen molar-refractivity contribution in [1.29, 1.82) is 0 Å². The van der Waals surface area contributed by atoms with E-state index >= 15 is 0 Å².